The summed E-state index contributed by atoms with van der Waals surface area (Å²) < 4.78 is 13.3. The molecule has 1 saturated heterocycles. The van der Waals surface area contributed by atoms with E-state index in [0.717, 1.165) is 12.1 Å². The van der Waals surface area contributed by atoms with Crippen LogP contribution < -0.4 is 4.90 Å². The summed E-state index contributed by atoms with van der Waals surface area (Å²) in [4.78, 5) is 2.49. The molecule has 0 amide bonds. The van der Waals surface area contributed by atoms with Crippen molar-refractivity contribution < 1.29 is 4.39 Å². The monoisotopic (exact) mass is 313 g/mol. The topological polar surface area (TPSA) is 3.24 Å². The maximum absolute atomic E-state index is 13.3. The molecule has 1 aliphatic rings. The highest BCUT2D eigenvalue weighted by molar-refractivity contribution is 9.08. The van der Waals surface area contributed by atoms with Gasteiger partial charge in [0.25, 0.3) is 0 Å². The molecule has 1 atom stereocenters. The van der Waals surface area contributed by atoms with Gasteiger partial charge in [0.15, 0.2) is 0 Å². The zero-order valence-corrected chi connectivity index (χ0v) is 12.5. The standard InChI is InChI=1S/C15H21BrFN/c1-2-14-6-4-3-5-9-18(14)15-8-7-13(17)10-12(15)11-16/h7-8,10,14H,2-6,9,11H2,1H3. The molecule has 0 radical (unpaired) electrons. The molecule has 2 rings (SSSR count). The quantitative estimate of drug-likeness (QED) is 0.719. The molecule has 0 aromatic heterocycles. The van der Waals surface area contributed by atoms with Crippen LogP contribution in [0.2, 0.25) is 0 Å². The number of hydrogen-bond acceptors (Lipinski definition) is 1. The van der Waals surface area contributed by atoms with E-state index in [-0.39, 0.29) is 5.82 Å². The molecule has 1 heterocycles. The summed E-state index contributed by atoms with van der Waals surface area (Å²) in [5, 5.41) is 0.715. The number of anilines is 1. The van der Waals surface area contributed by atoms with Crippen molar-refractivity contribution >= 4 is 21.6 Å². The van der Waals surface area contributed by atoms with Crippen LogP contribution in [0.15, 0.2) is 18.2 Å². The third kappa shape index (κ3) is 3.05. The molecule has 0 N–H and O–H groups in total. The number of alkyl halides is 1. The van der Waals surface area contributed by atoms with Gasteiger partial charge in [0.1, 0.15) is 5.82 Å². The summed E-state index contributed by atoms with van der Waals surface area (Å²) in [6.45, 7) is 3.35. The van der Waals surface area contributed by atoms with E-state index >= 15 is 0 Å². The molecule has 1 aliphatic heterocycles. The van der Waals surface area contributed by atoms with Gasteiger partial charge in [-0.25, -0.2) is 4.39 Å². The van der Waals surface area contributed by atoms with Crippen molar-refractivity contribution in [1.29, 1.82) is 0 Å². The summed E-state index contributed by atoms with van der Waals surface area (Å²) >= 11 is 3.48. The Balaban J connectivity index is 2.32. The van der Waals surface area contributed by atoms with Gasteiger partial charge in [-0.2, -0.15) is 0 Å². The van der Waals surface area contributed by atoms with Gasteiger partial charge in [-0.3, -0.25) is 0 Å². The molecule has 3 heteroatoms. The first-order valence-electron chi connectivity index (χ1n) is 6.87. The van der Waals surface area contributed by atoms with E-state index in [2.05, 4.69) is 27.8 Å². The third-order valence-electron chi connectivity index (χ3n) is 3.84. The highest BCUT2D eigenvalue weighted by Crippen LogP contribution is 2.30. The zero-order chi connectivity index (χ0) is 13.0. The lowest BCUT2D eigenvalue weighted by molar-refractivity contribution is 0.554. The number of benzene rings is 1. The summed E-state index contributed by atoms with van der Waals surface area (Å²) in [6, 6.07) is 5.79. The molecule has 0 saturated carbocycles. The predicted molar refractivity (Wildman–Crippen MR) is 78.9 cm³/mol. The van der Waals surface area contributed by atoms with Crippen molar-refractivity contribution in [3.05, 3.63) is 29.6 Å². The molecular formula is C15H21BrFN. The van der Waals surface area contributed by atoms with Crippen LogP contribution >= 0.6 is 15.9 Å². The average molecular weight is 314 g/mol. The van der Waals surface area contributed by atoms with Crippen molar-refractivity contribution in [2.24, 2.45) is 0 Å². The summed E-state index contributed by atoms with van der Waals surface area (Å²) in [5.41, 5.74) is 2.28. The van der Waals surface area contributed by atoms with Crippen molar-refractivity contribution in [3.63, 3.8) is 0 Å². The van der Waals surface area contributed by atoms with Gasteiger partial charge in [0, 0.05) is 23.6 Å². The molecular weight excluding hydrogens is 293 g/mol. The van der Waals surface area contributed by atoms with Gasteiger partial charge in [-0.1, -0.05) is 35.7 Å². The Hall–Kier alpha value is -0.570. The van der Waals surface area contributed by atoms with E-state index in [4.69, 9.17) is 0 Å². The minimum Gasteiger partial charge on any atom is -0.368 e. The fourth-order valence-corrected chi connectivity index (χ4v) is 3.31. The van der Waals surface area contributed by atoms with Gasteiger partial charge in [-0.15, -0.1) is 0 Å². The summed E-state index contributed by atoms with van der Waals surface area (Å²) in [5.74, 6) is -0.143. The largest absolute Gasteiger partial charge is 0.368 e. The molecule has 100 valence electrons. The Morgan fingerprint density at radius 2 is 2.17 bits per heavy atom. The zero-order valence-electron chi connectivity index (χ0n) is 11.0. The Bertz CT molecular complexity index is 394. The second-order valence-electron chi connectivity index (χ2n) is 5.01. The van der Waals surface area contributed by atoms with Crippen LogP contribution in [0.25, 0.3) is 0 Å². The van der Waals surface area contributed by atoms with E-state index in [1.54, 1.807) is 12.1 Å². The maximum atomic E-state index is 13.3. The Kier molecular flexibility index (Phi) is 5.04. The van der Waals surface area contributed by atoms with Crippen molar-refractivity contribution in [1.82, 2.24) is 0 Å². The normalized spacial score (nSPS) is 20.8. The van der Waals surface area contributed by atoms with Gasteiger partial charge >= 0.3 is 0 Å². The second-order valence-corrected chi connectivity index (χ2v) is 5.57. The van der Waals surface area contributed by atoms with Crippen LogP contribution in [-0.4, -0.2) is 12.6 Å². The van der Waals surface area contributed by atoms with Crippen LogP contribution in [-0.2, 0) is 5.33 Å². The molecule has 0 bridgehead atoms. The van der Waals surface area contributed by atoms with Crippen LogP contribution in [0.4, 0.5) is 10.1 Å². The molecule has 1 aromatic rings. The molecule has 0 aliphatic carbocycles. The third-order valence-corrected chi connectivity index (χ3v) is 4.45. The first-order valence-corrected chi connectivity index (χ1v) is 7.99. The van der Waals surface area contributed by atoms with Crippen molar-refractivity contribution in [3.8, 4) is 0 Å². The molecule has 0 spiro atoms. The highest BCUT2D eigenvalue weighted by atomic mass is 79.9. The molecule has 1 unspecified atom stereocenters. The van der Waals surface area contributed by atoms with Gasteiger partial charge in [0.2, 0.25) is 0 Å². The smallest absolute Gasteiger partial charge is 0.123 e. The predicted octanol–water partition coefficient (Wildman–Crippen LogP) is 4.88. The van der Waals surface area contributed by atoms with Gasteiger partial charge < -0.3 is 4.90 Å². The fourth-order valence-electron chi connectivity index (χ4n) is 2.86. The van der Waals surface area contributed by atoms with E-state index in [9.17, 15) is 4.39 Å². The summed E-state index contributed by atoms with van der Waals surface area (Å²) in [6.07, 6.45) is 6.31. The Morgan fingerprint density at radius 1 is 1.33 bits per heavy atom. The number of hydrogen-bond donors (Lipinski definition) is 0. The number of rotatable bonds is 3. The van der Waals surface area contributed by atoms with Gasteiger partial charge in [0.05, 0.1) is 0 Å². The number of halogens is 2. The molecule has 18 heavy (non-hydrogen) atoms. The van der Waals surface area contributed by atoms with Crippen LogP contribution in [0.1, 0.15) is 44.6 Å². The maximum Gasteiger partial charge on any atom is 0.123 e. The second kappa shape index (κ2) is 6.55. The van der Waals surface area contributed by atoms with Crippen LogP contribution in [0.3, 0.4) is 0 Å². The van der Waals surface area contributed by atoms with Gasteiger partial charge in [-0.05, 0) is 43.0 Å². The Labute approximate surface area is 118 Å². The minimum atomic E-state index is -0.143. The minimum absolute atomic E-state index is 0.143. The lowest BCUT2D eigenvalue weighted by Gasteiger charge is -2.33. The molecule has 1 nitrogen and oxygen atoms in total. The lowest BCUT2D eigenvalue weighted by Crippen LogP contribution is -2.35. The van der Waals surface area contributed by atoms with Crippen LogP contribution in [0, 0.1) is 5.82 Å². The highest BCUT2D eigenvalue weighted by Gasteiger charge is 2.21. The van der Waals surface area contributed by atoms with Crippen molar-refractivity contribution in [2.75, 3.05) is 11.4 Å². The first-order chi connectivity index (χ1) is 8.76. The first kappa shape index (κ1) is 13.9. The van der Waals surface area contributed by atoms with E-state index in [1.807, 2.05) is 6.07 Å². The average Bonchev–Trinajstić information content (AvgIpc) is 2.63. The van der Waals surface area contributed by atoms with E-state index in [0.29, 0.717) is 11.4 Å². The molecule has 1 aromatic carbocycles. The molecule has 1 fully saturated rings. The Morgan fingerprint density at radius 3 is 2.89 bits per heavy atom. The fraction of sp³-hybridized carbons (Fsp3) is 0.600. The SMILES string of the molecule is CCC1CCCCCN1c1ccc(F)cc1CBr. The number of nitrogens with zero attached hydrogens (tertiary/aromatic N) is 1. The van der Waals surface area contributed by atoms with E-state index < -0.39 is 0 Å². The summed E-state index contributed by atoms with van der Waals surface area (Å²) in [7, 11) is 0. The van der Waals surface area contributed by atoms with Crippen molar-refractivity contribution in [2.45, 2.75) is 50.4 Å². The van der Waals surface area contributed by atoms with E-state index in [1.165, 1.54) is 37.8 Å². The van der Waals surface area contributed by atoms with Crippen LogP contribution in [0.5, 0.6) is 0 Å². The lowest BCUT2D eigenvalue weighted by atomic mass is 10.1.